The van der Waals surface area contributed by atoms with E-state index in [9.17, 15) is 9.59 Å². The highest BCUT2D eigenvalue weighted by atomic mass is 32.2. The molecule has 3 aromatic rings. The number of nitrogens with zero attached hydrogens (tertiary/aromatic N) is 3. The fraction of sp³-hybridized carbons (Fsp3) is 0.500. The van der Waals surface area contributed by atoms with Crippen molar-refractivity contribution >= 4 is 46.5 Å². The van der Waals surface area contributed by atoms with Crippen molar-refractivity contribution in [3.63, 3.8) is 0 Å². The van der Waals surface area contributed by atoms with Crippen LogP contribution in [0.2, 0.25) is 0 Å². The molecule has 0 radical (unpaired) electrons. The SMILES string of the molecule is CCOC(=O)CCCN(CCCC(=O)OCC)CCSc1ccnc(CSc2nc3ccccc3[nH]2)c1C. The minimum Gasteiger partial charge on any atom is -0.466 e. The number of fused-ring (bicyclic) bond motifs is 1. The topological polar surface area (TPSA) is 97.4 Å². The van der Waals surface area contributed by atoms with E-state index in [4.69, 9.17) is 9.47 Å². The predicted molar refractivity (Wildman–Crippen MR) is 154 cm³/mol. The largest absolute Gasteiger partial charge is 0.466 e. The molecule has 0 amide bonds. The molecule has 2 aromatic heterocycles. The van der Waals surface area contributed by atoms with E-state index < -0.39 is 0 Å². The number of imidazole rings is 1. The summed E-state index contributed by atoms with van der Waals surface area (Å²) in [5.74, 6) is 1.33. The van der Waals surface area contributed by atoms with E-state index in [1.54, 1.807) is 11.8 Å². The smallest absolute Gasteiger partial charge is 0.305 e. The Bertz CT molecular complexity index is 1110. The normalized spacial score (nSPS) is 11.3. The molecule has 1 aromatic carbocycles. The maximum absolute atomic E-state index is 11.7. The molecule has 0 aliphatic carbocycles. The molecule has 0 saturated carbocycles. The molecule has 0 fully saturated rings. The van der Waals surface area contributed by atoms with Gasteiger partial charge in [-0.2, -0.15) is 0 Å². The lowest BCUT2D eigenvalue weighted by Crippen LogP contribution is -2.29. The Labute approximate surface area is 233 Å². The number of H-pyrrole nitrogens is 1. The van der Waals surface area contributed by atoms with Crippen LogP contribution in [0.1, 0.15) is 50.8 Å². The first-order valence-electron chi connectivity index (χ1n) is 13.2. The van der Waals surface area contributed by atoms with Crippen LogP contribution < -0.4 is 0 Å². The number of ether oxygens (including phenoxy) is 2. The third-order valence-electron chi connectivity index (χ3n) is 5.96. The zero-order valence-electron chi connectivity index (χ0n) is 22.5. The monoisotopic (exact) mass is 558 g/mol. The first kappa shape index (κ1) is 30.0. The predicted octanol–water partition coefficient (Wildman–Crippen LogP) is 5.64. The molecule has 0 aliphatic rings. The summed E-state index contributed by atoms with van der Waals surface area (Å²) in [4.78, 5) is 39.7. The van der Waals surface area contributed by atoms with Crippen LogP contribution in [0.3, 0.4) is 0 Å². The third-order valence-corrected chi connectivity index (χ3v) is 7.98. The van der Waals surface area contributed by atoms with Gasteiger partial charge in [-0.05, 0) is 70.5 Å². The number of aromatic amines is 1. The number of benzene rings is 1. The van der Waals surface area contributed by atoms with E-state index in [0.717, 1.165) is 65.9 Å². The molecule has 0 unspecified atom stereocenters. The van der Waals surface area contributed by atoms with Crippen LogP contribution in [-0.2, 0) is 24.8 Å². The molecule has 8 nitrogen and oxygen atoms in total. The number of para-hydroxylation sites is 2. The van der Waals surface area contributed by atoms with Gasteiger partial charge in [0.2, 0.25) is 0 Å². The van der Waals surface area contributed by atoms with Crippen molar-refractivity contribution < 1.29 is 19.1 Å². The van der Waals surface area contributed by atoms with Crippen LogP contribution in [-0.4, -0.2) is 70.4 Å². The number of rotatable bonds is 17. The van der Waals surface area contributed by atoms with Crippen molar-refractivity contribution in [2.45, 2.75) is 62.3 Å². The lowest BCUT2D eigenvalue weighted by atomic mass is 10.2. The van der Waals surface area contributed by atoms with Crippen molar-refractivity contribution in [1.82, 2.24) is 19.9 Å². The van der Waals surface area contributed by atoms with Crippen molar-refractivity contribution in [3.05, 3.63) is 47.8 Å². The van der Waals surface area contributed by atoms with Gasteiger partial charge < -0.3 is 19.4 Å². The van der Waals surface area contributed by atoms with Crippen LogP contribution in [0.4, 0.5) is 0 Å². The van der Waals surface area contributed by atoms with Gasteiger partial charge in [0.25, 0.3) is 0 Å². The zero-order valence-corrected chi connectivity index (χ0v) is 24.2. The average Bonchev–Trinajstić information content (AvgIpc) is 3.32. The van der Waals surface area contributed by atoms with Crippen LogP contribution in [0, 0.1) is 6.92 Å². The molecule has 0 aliphatic heterocycles. The maximum Gasteiger partial charge on any atom is 0.305 e. The highest BCUT2D eigenvalue weighted by Crippen LogP contribution is 2.28. The number of hydrogen-bond acceptors (Lipinski definition) is 9. The lowest BCUT2D eigenvalue weighted by molar-refractivity contribution is -0.144. The van der Waals surface area contributed by atoms with Gasteiger partial charge in [-0.3, -0.25) is 14.6 Å². The summed E-state index contributed by atoms with van der Waals surface area (Å²) < 4.78 is 10.1. The second-order valence-corrected chi connectivity index (χ2v) is 10.8. The molecule has 3 rings (SSSR count). The van der Waals surface area contributed by atoms with Gasteiger partial charge in [-0.15, -0.1) is 11.8 Å². The number of esters is 2. The van der Waals surface area contributed by atoms with Gasteiger partial charge in [0.15, 0.2) is 5.16 Å². The van der Waals surface area contributed by atoms with E-state index in [1.165, 1.54) is 10.5 Å². The van der Waals surface area contributed by atoms with E-state index >= 15 is 0 Å². The first-order valence-corrected chi connectivity index (χ1v) is 15.2. The molecular formula is C28H38N4O4S2. The van der Waals surface area contributed by atoms with Crippen LogP contribution in [0.15, 0.2) is 46.6 Å². The molecule has 2 heterocycles. The van der Waals surface area contributed by atoms with Crippen LogP contribution in [0.5, 0.6) is 0 Å². The lowest BCUT2D eigenvalue weighted by Gasteiger charge is -2.22. The van der Waals surface area contributed by atoms with Gasteiger partial charge in [0.1, 0.15) is 0 Å². The van der Waals surface area contributed by atoms with E-state index in [1.807, 2.05) is 56.1 Å². The highest BCUT2D eigenvalue weighted by molar-refractivity contribution is 7.99. The minimum absolute atomic E-state index is 0.159. The molecule has 0 spiro atoms. The van der Waals surface area contributed by atoms with Crippen molar-refractivity contribution in [1.29, 1.82) is 0 Å². The Morgan fingerprint density at radius 3 is 2.29 bits per heavy atom. The molecule has 206 valence electrons. The number of thioether (sulfide) groups is 2. The third kappa shape index (κ3) is 9.96. The Kier molecular flexibility index (Phi) is 13.0. The fourth-order valence-electron chi connectivity index (χ4n) is 3.98. The minimum atomic E-state index is -0.159. The van der Waals surface area contributed by atoms with Crippen molar-refractivity contribution in [3.8, 4) is 0 Å². The second-order valence-electron chi connectivity index (χ2n) is 8.74. The molecule has 38 heavy (non-hydrogen) atoms. The number of pyridine rings is 1. The zero-order chi connectivity index (χ0) is 27.2. The molecule has 10 heteroatoms. The summed E-state index contributed by atoms with van der Waals surface area (Å²) in [6.45, 7) is 9.02. The molecular weight excluding hydrogens is 520 g/mol. The fourth-order valence-corrected chi connectivity index (χ4v) is 5.95. The molecule has 0 bridgehead atoms. The summed E-state index contributed by atoms with van der Waals surface area (Å²) in [6, 6.07) is 10.1. The Hall–Kier alpha value is -2.56. The molecule has 0 saturated heterocycles. The standard InChI is InChI=1S/C28H38N4O4S2/c1-4-35-26(33)12-8-16-32(17-9-13-27(34)36-5-2)18-19-37-25-14-15-29-24(21(25)3)20-38-28-30-22-10-6-7-11-23(22)31-28/h6-7,10-11,14-15H,4-5,8-9,12-13,16-20H2,1-3H3,(H,30,31). The number of carbonyl (C=O) groups is 2. The molecule has 0 atom stereocenters. The van der Waals surface area contributed by atoms with Gasteiger partial charge in [-0.25, -0.2) is 4.98 Å². The van der Waals surface area contributed by atoms with E-state index in [-0.39, 0.29) is 11.9 Å². The summed E-state index contributed by atoms with van der Waals surface area (Å²) >= 11 is 3.47. The number of carbonyl (C=O) groups excluding carboxylic acids is 2. The number of aromatic nitrogens is 3. The maximum atomic E-state index is 11.7. The summed E-state index contributed by atoms with van der Waals surface area (Å²) in [5.41, 5.74) is 4.26. The van der Waals surface area contributed by atoms with Crippen LogP contribution in [0.25, 0.3) is 11.0 Å². The van der Waals surface area contributed by atoms with Crippen LogP contribution >= 0.6 is 23.5 Å². The van der Waals surface area contributed by atoms with Crippen molar-refractivity contribution in [2.75, 3.05) is 38.6 Å². The molecule has 1 N–H and O–H groups in total. The second kappa shape index (κ2) is 16.4. The summed E-state index contributed by atoms with van der Waals surface area (Å²) in [6.07, 6.45) is 4.16. The summed E-state index contributed by atoms with van der Waals surface area (Å²) in [5, 5.41) is 0.895. The van der Waals surface area contributed by atoms with E-state index in [2.05, 4.69) is 32.8 Å². The number of hydrogen-bond donors (Lipinski definition) is 1. The van der Waals surface area contributed by atoms with Gasteiger partial charge in [0.05, 0.1) is 29.9 Å². The van der Waals surface area contributed by atoms with Gasteiger partial charge >= 0.3 is 11.9 Å². The first-order chi connectivity index (χ1) is 18.5. The average molecular weight is 559 g/mol. The Balaban J connectivity index is 1.51. The van der Waals surface area contributed by atoms with E-state index in [0.29, 0.717) is 26.1 Å². The highest BCUT2D eigenvalue weighted by Gasteiger charge is 2.12. The van der Waals surface area contributed by atoms with Gasteiger partial charge in [0, 0.05) is 42.0 Å². The quantitative estimate of drug-likeness (QED) is 0.167. The Morgan fingerprint density at radius 1 is 0.947 bits per heavy atom. The summed E-state index contributed by atoms with van der Waals surface area (Å²) in [7, 11) is 0. The van der Waals surface area contributed by atoms with Gasteiger partial charge in [-0.1, -0.05) is 23.9 Å². The Morgan fingerprint density at radius 2 is 1.63 bits per heavy atom. The van der Waals surface area contributed by atoms with Crippen molar-refractivity contribution in [2.24, 2.45) is 0 Å². The number of nitrogens with one attached hydrogen (secondary N) is 1.